The fraction of sp³-hybridized carbons (Fsp3) is 0.684. The topological polar surface area (TPSA) is 33.2 Å². The highest BCUT2D eigenvalue weighted by Crippen LogP contribution is 2.28. The van der Waals surface area contributed by atoms with Crippen molar-refractivity contribution in [1.82, 2.24) is 9.88 Å². The van der Waals surface area contributed by atoms with E-state index in [-0.39, 0.29) is 0 Å². The smallest absolute Gasteiger partial charge is 0.225 e. The van der Waals surface area contributed by atoms with Crippen molar-refractivity contribution in [3.63, 3.8) is 0 Å². The minimum Gasteiger partial charge on any atom is -0.342 e. The zero-order valence-corrected chi connectivity index (χ0v) is 13.8. The summed E-state index contributed by atoms with van der Waals surface area (Å²) in [5, 5.41) is 0. The third-order valence-corrected chi connectivity index (χ3v) is 5.37. The van der Waals surface area contributed by atoms with Crippen molar-refractivity contribution >= 4 is 5.91 Å². The summed E-state index contributed by atoms with van der Waals surface area (Å²) in [7, 11) is 0. The van der Waals surface area contributed by atoms with E-state index in [1.807, 2.05) is 6.20 Å². The second kappa shape index (κ2) is 7.26. The summed E-state index contributed by atoms with van der Waals surface area (Å²) in [6.45, 7) is 3.98. The van der Waals surface area contributed by atoms with Gasteiger partial charge in [0.05, 0.1) is 0 Å². The first kappa shape index (κ1) is 15.5. The van der Waals surface area contributed by atoms with E-state index in [1.54, 1.807) is 0 Å². The summed E-state index contributed by atoms with van der Waals surface area (Å²) in [4.78, 5) is 19.0. The number of aromatic nitrogens is 1. The molecule has 2 heterocycles. The Bertz CT molecular complexity index is 500. The number of amides is 1. The van der Waals surface area contributed by atoms with Gasteiger partial charge >= 0.3 is 0 Å². The van der Waals surface area contributed by atoms with Crippen molar-refractivity contribution in [2.75, 3.05) is 13.1 Å². The van der Waals surface area contributed by atoms with Gasteiger partial charge in [0.25, 0.3) is 0 Å². The fourth-order valence-corrected chi connectivity index (χ4v) is 4.03. The number of nitrogens with zero attached hydrogens (tertiary/aromatic N) is 2. The summed E-state index contributed by atoms with van der Waals surface area (Å²) in [6.07, 6.45) is 11.4. The quantitative estimate of drug-likeness (QED) is 0.851. The lowest BCUT2D eigenvalue weighted by Gasteiger charge is -2.35. The number of hydrogen-bond acceptors (Lipinski definition) is 2. The molecule has 22 heavy (non-hydrogen) atoms. The van der Waals surface area contributed by atoms with Crippen LogP contribution in [-0.2, 0) is 11.2 Å². The highest BCUT2D eigenvalue weighted by Gasteiger charge is 2.29. The molecule has 1 aliphatic heterocycles. The van der Waals surface area contributed by atoms with Gasteiger partial charge in [-0.2, -0.15) is 0 Å². The van der Waals surface area contributed by atoms with Crippen LogP contribution in [0, 0.1) is 18.8 Å². The Hall–Kier alpha value is -1.38. The van der Waals surface area contributed by atoms with E-state index in [0.29, 0.717) is 11.8 Å². The maximum atomic E-state index is 12.6. The van der Waals surface area contributed by atoms with Crippen LogP contribution in [0.4, 0.5) is 0 Å². The standard InChI is InChI=1S/C19H28N2O/c1-15-13-17(7-10-20-15)14-16-8-11-21(12-9-16)19(22)18-5-3-2-4-6-18/h7,10,13,16,18H,2-6,8-9,11-12,14H2,1H3. The minimum absolute atomic E-state index is 0.327. The SMILES string of the molecule is Cc1cc(CC2CCN(C(=O)C3CCCCC3)CC2)ccn1. The maximum absolute atomic E-state index is 12.6. The van der Waals surface area contributed by atoms with Crippen LogP contribution in [0.2, 0.25) is 0 Å². The number of pyridine rings is 1. The van der Waals surface area contributed by atoms with Gasteiger partial charge in [0.15, 0.2) is 0 Å². The number of likely N-dealkylation sites (tertiary alicyclic amines) is 1. The molecule has 1 amide bonds. The summed E-state index contributed by atoms with van der Waals surface area (Å²) < 4.78 is 0. The number of piperidine rings is 1. The fourth-order valence-electron chi connectivity index (χ4n) is 4.03. The Balaban J connectivity index is 1.48. The molecule has 0 atom stereocenters. The molecular weight excluding hydrogens is 272 g/mol. The summed E-state index contributed by atoms with van der Waals surface area (Å²) in [5.41, 5.74) is 2.49. The molecule has 0 bridgehead atoms. The molecule has 2 aliphatic rings. The van der Waals surface area contributed by atoms with Gasteiger partial charge in [-0.25, -0.2) is 0 Å². The summed E-state index contributed by atoms with van der Waals surface area (Å²) in [6, 6.07) is 4.33. The first-order valence-corrected chi connectivity index (χ1v) is 8.92. The average Bonchev–Trinajstić information content (AvgIpc) is 2.56. The molecule has 1 aliphatic carbocycles. The van der Waals surface area contributed by atoms with Gasteiger partial charge in [0.2, 0.25) is 5.91 Å². The molecule has 0 aromatic carbocycles. The number of carbonyl (C=O) groups excluding carboxylic acids is 1. The molecule has 1 aromatic rings. The molecule has 2 fully saturated rings. The third-order valence-electron chi connectivity index (χ3n) is 5.37. The Kier molecular flexibility index (Phi) is 5.12. The Morgan fingerprint density at radius 2 is 1.91 bits per heavy atom. The number of rotatable bonds is 3. The van der Waals surface area contributed by atoms with Gasteiger partial charge in [0.1, 0.15) is 0 Å². The van der Waals surface area contributed by atoms with Crippen LogP contribution in [0.3, 0.4) is 0 Å². The molecule has 120 valence electrons. The van der Waals surface area contributed by atoms with E-state index in [2.05, 4.69) is 28.9 Å². The van der Waals surface area contributed by atoms with Crippen LogP contribution in [0.1, 0.15) is 56.2 Å². The monoisotopic (exact) mass is 300 g/mol. The zero-order valence-electron chi connectivity index (χ0n) is 13.8. The lowest BCUT2D eigenvalue weighted by Crippen LogP contribution is -2.42. The molecule has 0 unspecified atom stereocenters. The van der Waals surface area contributed by atoms with E-state index < -0.39 is 0 Å². The first-order valence-electron chi connectivity index (χ1n) is 8.92. The highest BCUT2D eigenvalue weighted by atomic mass is 16.2. The molecule has 0 N–H and O–H groups in total. The van der Waals surface area contributed by atoms with Crippen LogP contribution in [0.5, 0.6) is 0 Å². The van der Waals surface area contributed by atoms with E-state index >= 15 is 0 Å². The van der Waals surface area contributed by atoms with Gasteiger partial charge in [0, 0.05) is 30.9 Å². The zero-order chi connectivity index (χ0) is 15.4. The van der Waals surface area contributed by atoms with Crippen molar-refractivity contribution in [2.24, 2.45) is 11.8 Å². The van der Waals surface area contributed by atoms with Crippen LogP contribution in [-0.4, -0.2) is 28.9 Å². The van der Waals surface area contributed by atoms with E-state index in [9.17, 15) is 4.79 Å². The van der Waals surface area contributed by atoms with E-state index in [4.69, 9.17) is 0 Å². The largest absolute Gasteiger partial charge is 0.342 e. The lowest BCUT2D eigenvalue weighted by molar-refractivity contribution is -0.138. The average molecular weight is 300 g/mol. The van der Waals surface area contributed by atoms with Crippen LogP contribution in [0.25, 0.3) is 0 Å². The molecule has 0 spiro atoms. The van der Waals surface area contributed by atoms with Gasteiger partial charge < -0.3 is 4.90 Å². The van der Waals surface area contributed by atoms with E-state index in [1.165, 1.54) is 24.8 Å². The van der Waals surface area contributed by atoms with Gasteiger partial charge in [-0.3, -0.25) is 9.78 Å². The normalized spacial score (nSPS) is 21.0. The first-order chi connectivity index (χ1) is 10.7. The van der Waals surface area contributed by atoms with E-state index in [0.717, 1.165) is 56.8 Å². The molecule has 0 radical (unpaired) electrons. The molecule has 3 nitrogen and oxygen atoms in total. The van der Waals surface area contributed by atoms with Gasteiger partial charge in [-0.15, -0.1) is 0 Å². The van der Waals surface area contributed by atoms with Crippen molar-refractivity contribution in [2.45, 2.75) is 58.3 Å². The molecule has 1 saturated heterocycles. The molecule has 3 heteroatoms. The van der Waals surface area contributed by atoms with Crippen molar-refractivity contribution < 1.29 is 4.79 Å². The Labute approximate surface area is 134 Å². The van der Waals surface area contributed by atoms with Crippen LogP contribution in [0.15, 0.2) is 18.3 Å². The predicted molar refractivity (Wildman–Crippen MR) is 88.6 cm³/mol. The summed E-state index contributed by atoms with van der Waals surface area (Å²) >= 11 is 0. The van der Waals surface area contributed by atoms with Crippen molar-refractivity contribution in [3.05, 3.63) is 29.6 Å². The lowest BCUT2D eigenvalue weighted by atomic mass is 9.86. The van der Waals surface area contributed by atoms with Crippen LogP contribution >= 0.6 is 0 Å². The highest BCUT2D eigenvalue weighted by molar-refractivity contribution is 5.79. The number of carbonyl (C=O) groups is 1. The molecular formula is C19H28N2O. The second-order valence-electron chi connectivity index (χ2n) is 7.11. The Morgan fingerprint density at radius 1 is 1.18 bits per heavy atom. The second-order valence-corrected chi connectivity index (χ2v) is 7.11. The maximum Gasteiger partial charge on any atom is 0.225 e. The molecule has 1 saturated carbocycles. The predicted octanol–water partition coefficient (Wildman–Crippen LogP) is 3.75. The molecule has 1 aromatic heterocycles. The van der Waals surface area contributed by atoms with Crippen molar-refractivity contribution in [3.8, 4) is 0 Å². The van der Waals surface area contributed by atoms with Gasteiger partial charge in [-0.1, -0.05) is 19.3 Å². The van der Waals surface area contributed by atoms with Crippen molar-refractivity contribution in [1.29, 1.82) is 0 Å². The number of hydrogen-bond donors (Lipinski definition) is 0. The molecule has 3 rings (SSSR count). The van der Waals surface area contributed by atoms with Crippen LogP contribution < -0.4 is 0 Å². The Morgan fingerprint density at radius 3 is 2.59 bits per heavy atom. The minimum atomic E-state index is 0.327. The third kappa shape index (κ3) is 3.88. The van der Waals surface area contributed by atoms with Gasteiger partial charge in [-0.05, 0) is 62.6 Å². The number of aryl methyl sites for hydroxylation is 1. The summed E-state index contributed by atoms with van der Waals surface area (Å²) in [5.74, 6) is 1.49.